The molecule has 0 saturated heterocycles. The zero-order chi connectivity index (χ0) is 11.3. The summed E-state index contributed by atoms with van der Waals surface area (Å²) in [4.78, 5) is 0. The molecule has 1 saturated carbocycles. The Morgan fingerprint density at radius 1 is 1.13 bits per heavy atom. The van der Waals surface area contributed by atoms with Crippen LogP contribution in [0.3, 0.4) is 0 Å². The lowest BCUT2D eigenvalue weighted by Gasteiger charge is -2.38. The molecule has 1 heteroatoms. The number of hydrogen-bond donors (Lipinski definition) is 0. The lowest BCUT2D eigenvalue weighted by atomic mass is 9.69. The lowest BCUT2D eigenvalue weighted by molar-refractivity contribution is 0.146. The molecule has 0 aromatic heterocycles. The van der Waals surface area contributed by atoms with Gasteiger partial charge in [-0.25, -0.2) is 0 Å². The zero-order valence-corrected chi connectivity index (χ0v) is 11.8. The first-order valence-electron chi connectivity index (χ1n) is 6.75. The van der Waals surface area contributed by atoms with E-state index in [4.69, 9.17) is 0 Å². The first kappa shape index (κ1) is 13.4. The SMILES string of the molecule is CCC(C)CSCC(CC)C1CC(C)C1. The van der Waals surface area contributed by atoms with Gasteiger partial charge in [0.25, 0.3) is 0 Å². The molecular weight excluding hydrogens is 200 g/mol. The lowest BCUT2D eigenvalue weighted by Crippen LogP contribution is -2.29. The summed E-state index contributed by atoms with van der Waals surface area (Å²) in [7, 11) is 0. The maximum absolute atomic E-state index is 2.40. The minimum atomic E-state index is 0.910. The predicted molar refractivity (Wildman–Crippen MR) is 72.4 cm³/mol. The fourth-order valence-electron chi connectivity index (χ4n) is 2.48. The molecule has 0 aromatic carbocycles. The van der Waals surface area contributed by atoms with Crippen LogP contribution in [0.5, 0.6) is 0 Å². The maximum atomic E-state index is 2.40. The van der Waals surface area contributed by atoms with Crippen LogP contribution in [0.2, 0.25) is 0 Å². The molecule has 0 heterocycles. The number of rotatable bonds is 7. The molecule has 90 valence electrons. The van der Waals surface area contributed by atoms with Crippen molar-refractivity contribution in [2.45, 2.75) is 53.4 Å². The van der Waals surface area contributed by atoms with Gasteiger partial charge >= 0.3 is 0 Å². The van der Waals surface area contributed by atoms with E-state index in [2.05, 4.69) is 39.5 Å². The van der Waals surface area contributed by atoms with Gasteiger partial charge in [0.1, 0.15) is 0 Å². The molecular formula is C14H28S. The molecule has 2 unspecified atom stereocenters. The number of thioether (sulfide) groups is 1. The van der Waals surface area contributed by atoms with Crippen LogP contribution < -0.4 is 0 Å². The molecule has 0 radical (unpaired) electrons. The van der Waals surface area contributed by atoms with E-state index in [1.165, 1.54) is 37.2 Å². The molecule has 1 fully saturated rings. The van der Waals surface area contributed by atoms with Gasteiger partial charge in [-0.1, -0.05) is 40.5 Å². The van der Waals surface area contributed by atoms with Crippen LogP contribution in [0, 0.1) is 23.7 Å². The van der Waals surface area contributed by atoms with Crippen molar-refractivity contribution >= 4 is 11.8 Å². The van der Waals surface area contributed by atoms with Crippen molar-refractivity contribution in [2.75, 3.05) is 11.5 Å². The monoisotopic (exact) mass is 228 g/mol. The Labute approximate surface area is 101 Å². The molecule has 0 spiro atoms. The molecule has 1 aliphatic carbocycles. The van der Waals surface area contributed by atoms with E-state index in [0.29, 0.717) is 0 Å². The van der Waals surface area contributed by atoms with Gasteiger partial charge in [-0.2, -0.15) is 11.8 Å². The highest BCUT2D eigenvalue weighted by atomic mass is 32.2. The fraction of sp³-hybridized carbons (Fsp3) is 1.00. The molecule has 0 nitrogen and oxygen atoms in total. The van der Waals surface area contributed by atoms with Gasteiger partial charge in [-0.05, 0) is 48.0 Å². The second-order valence-electron chi connectivity index (χ2n) is 5.56. The summed E-state index contributed by atoms with van der Waals surface area (Å²) in [5.41, 5.74) is 0. The van der Waals surface area contributed by atoms with Crippen molar-refractivity contribution in [3.05, 3.63) is 0 Å². The second-order valence-corrected chi connectivity index (χ2v) is 6.63. The molecule has 0 bridgehead atoms. The normalized spacial score (nSPS) is 29.6. The van der Waals surface area contributed by atoms with E-state index in [1.807, 2.05) is 0 Å². The highest BCUT2D eigenvalue weighted by Gasteiger charge is 2.31. The van der Waals surface area contributed by atoms with Crippen molar-refractivity contribution in [3.63, 3.8) is 0 Å². The Morgan fingerprint density at radius 2 is 1.80 bits per heavy atom. The second kappa shape index (κ2) is 6.83. The van der Waals surface area contributed by atoms with Crippen LogP contribution in [0.1, 0.15) is 53.4 Å². The van der Waals surface area contributed by atoms with Crippen molar-refractivity contribution in [1.29, 1.82) is 0 Å². The van der Waals surface area contributed by atoms with Crippen molar-refractivity contribution < 1.29 is 0 Å². The first-order valence-corrected chi connectivity index (χ1v) is 7.90. The molecule has 1 rings (SSSR count). The smallest absolute Gasteiger partial charge is 0.00365 e. The summed E-state index contributed by atoms with van der Waals surface area (Å²) in [6.45, 7) is 9.45. The van der Waals surface area contributed by atoms with E-state index in [1.54, 1.807) is 0 Å². The molecule has 0 aromatic rings. The topological polar surface area (TPSA) is 0 Å². The van der Waals surface area contributed by atoms with Gasteiger partial charge in [0, 0.05) is 0 Å². The quantitative estimate of drug-likeness (QED) is 0.601. The predicted octanol–water partition coefficient (Wildman–Crippen LogP) is 4.84. The standard InChI is InChI=1S/C14H28S/c1-5-11(3)9-15-10-13(6-2)14-7-12(4)8-14/h11-14H,5-10H2,1-4H3. The minimum absolute atomic E-state index is 0.910. The maximum Gasteiger partial charge on any atom is -0.00365 e. The molecule has 0 amide bonds. The Kier molecular flexibility index (Phi) is 6.11. The van der Waals surface area contributed by atoms with Gasteiger partial charge in [-0.15, -0.1) is 0 Å². The summed E-state index contributed by atoms with van der Waals surface area (Å²) in [5, 5.41) is 0. The van der Waals surface area contributed by atoms with Crippen LogP contribution in [-0.2, 0) is 0 Å². The highest BCUT2D eigenvalue weighted by Crippen LogP contribution is 2.41. The Hall–Kier alpha value is 0.350. The van der Waals surface area contributed by atoms with E-state index in [9.17, 15) is 0 Å². The third-order valence-electron chi connectivity index (χ3n) is 4.03. The van der Waals surface area contributed by atoms with Crippen LogP contribution in [-0.4, -0.2) is 11.5 Å². The number of hydrogen-bond acceptors (Lipinski definition) is 1. The summed E-state index contributed by atoms with van der Waals surface area (Å²) in [5.74, 6) is 6.79. The molecule has 0 N–H and O–H groups in total. The van der Waals surface area contributed by atoms with Crippen LogP contribution in [0.4, 0.5) is 0 Å². The molecule has 2 atom stereocenters. The summed E-state index contributed by atoms with van der Waals surface area (Å²) < 4.78 is 0. The fourth-order valence-corrected chi connectivity index (χ4v) is 4.06. The van der Waals surface area contributed by atoms with Gasteiger partial charge in [0.2, 0.25) is 0 Å². The van der Waals surface area contributed by atoms with Gasteiger partial charge in [-0.3, -0.25) is 0 Å². The minimum Gasteiger partial charge on any atom is -0.161 e. The van der Waals surface area contributed by atoms with Crippen molar-refractivity contribution in [2.24, 2.45) is 23.7 Å². The van der Waals surface area contributed by atoms with Crippen molar-refractivity contribution in [1.82, 2.24) is 0 Å². The van der Waals surface area contributed by atoms with E-state index < -0.39 is 0 Å². The molecule has 15 heavy (non-hydrogen) atoms. The van der Waals surface area contributed by atoms with Crippen LogP contribution in [0.25, 0.3) is 0 Å². The average molecular weight is 228 g/mol. The van der Waals surface area contributed by atoms with E-state index in [0.717, 1.165) is 23.7 Å². The molecule has 1 aliphatic rings. The summed E-state index contributed by atoms with van der Waals surface area (Å²) in [6.07, 6.45) is 5.74. The summed E-state index contributed by atoms with van der Waals surface area (Å²) >= 11 is 2.20. The highest BCUT2D eigenvalue weighted by molar-refractivity contribution is 7.99. The average Bonchev–Trinajstić information content (AvgIpc) is 2.20. The van der Waals surface area contributed by atoms with E-state index in [-0.39, 0.29) is 0 Å². The third kappa shape index (κ3) is 4.38. The van der Waals surface area contributed by atoms with Crippen molar-refractivity contribution in [3.8, 4) is 0 Å². The van der Waals surface area contributed by atoms with Gasteiger partial charge in [0.05, 0.1) is 0 Å². The Bertz CT molecular complexity index is 161. The van der Waals surface area contributed by atoms with Gasteiger partial charge < -0.3 is 0 Å². The summed E-state index contributed by atoms with van der Waals surface area (Å²) in [6, 6.07) is 0. The Balaban J connectivity index is 2.11. The largest absolute Gasteiger partial charge is 0.161 e. The van der Waals surface area contributed by atoms with Gasteiger partial charge in [0.15, 0.2) is 0 Å². The van der Waals surface area contributed by atoms with E-state index >= 15 is 0 Å². The molecule has 0 aliphatic heterocycles. The zero-order valence-electron chi connectivity index (χ0n) is 11.0. The Morgan fingerprint density at radius 3 is 2.27 bits per heavy atom. The first-order chi connectivity index (χ1) is 7.17. The van der Waals surface area contributed by atoms with Crippen LogP contribution >= 0.6 is 11.8 Å². The van der Waals surface area contributed by atoms with Crippen LogP contribution in [0.15, 0.2) is 0 Å². The third-order valence-corrected chi connectivity index (χ3v) is 5.50.